The summed E-state index contributed by atoms with van der Waals surface area (Å²) >= 11 is 1.82. The van der Waals surface area contributed by atoms with Crippen molar-refractivity contribution in [3.63, 3.8) is 0 Å². The van der Waals surface area contributed by atoms with Gasteiger partial charge >= 0.3 is 0 Å². The Kier molecular flexibility index (Phi) is 3.58. The van der Waals surface area contributed by atoms with Gasteiger partial charge in [0.25, 0.3) is 0 Å². The van der Waals surface area contributed by atoms with Crippen LogP contribution in [0.1, 0.15) is 4.88 Å². The van der Waals surface area contributed by atoms with E-state index in [-0.39, 0.29) is 6.10 Å². The van der Waals surface area contributed by atoms with Crippen LogP contribution in [0.5, 0.6) is 0 Å². The number of nitrogens with zero attached hydrogens (tertiary/aromatic N) is 4. The molecule has 2 fully saturated rings. The highest BCUT2D eigenvalue weighted by molar-refractivity contribution is 7.09. The van der Waals surface area contributed by atoms with Gasteiger partial charge in [-0.2, -0.15) is 0 Å². The largest absolute Gasteiger partial charge is 0.373 e. The molecule has 2 aliphatic heterocycles. The summed E-state index contributed by atoms with van der Waals surface area (Å²) in [6.07, 6.45) is 3.89. The molecule has 0 unspecified atom stereocenters. The first-order chi connectivity index (χ1) is 10.4. The van der Waals surface area contributed by atoms with Crippen molar-refractivity contribution in [2.24, 2.45) is 0 Å². The fourth-order valence-electron chi connectivity index (χ4n) is 3.20. The molecule has 0 radical (unpaired) electrons. The Labute approximate surface area is 128 Å². The molecule has 2 aliphatic rings. The zero-order valence-corrected chi connectivity index (χ0v) is 12.6. The Balaban J connectivity index is 1.50. The maximum Gasteiger partial charge on any atom is 0.225 e. The van der Waals surface area contributed by atoms with E-state index in [9.17, 15) is 0 Å². The molecule has 2 atom stereocenters. The van der Waals surface area contributed by atoms with Crippen LogP contribution >= 0.6 is 11.3 Å². The molecule has 110 valence electrons. The molecule has 6 heteroatoms. The van der Waals surface area contributed by atoms with Gasteiger partial charge in [-0.15, -0.1) is 11.3 Å². The molecule has 0 spiro atoms. The SMILES string of the molecule is c1cnc(N2CCO[C@H]3CN(Cc4cccs4)C[C@@H]32)nc1. The second-order valence-corrected chi connectivity index (χ2v) is 6.52. The smallest absolute Gasteiger partial charge is 0.225 e. The molecule has 2 aromatic rings. The maximum atomic E-state index is 5.97. The number of anilines is 1. The number of morpholine rings is 1. The number of hydrogen-bond donors (Lipinski definition) is 0. The highest BCUT2D eigenvalue weighted by atomic mass is 32.1. The predicted octanol–water partition coefficient (Wildman–Crippen LogP) is 1.63. The molecular weight excluding hydrogens is 284 g/mol. The number of thiophene rings is 1. The van der Waals surface area contributed by atoms with Gasteiger partial charge in [0.1, 0.15) is 0 Å². The monoisotopic (exact) mass is 302 g/mol. The molecule has 21 heavy (non-hydrogen) atoms. The van der Waals surface area contributed by atoms with Crippen molar-refractivity contribution in [1.82, 2.24) is 14.9 Å². The summed E-state index contributed by atoms with van der Waals surface area (Å²) in [5, 5.41) is 2.14. The molecule has 0 aromatic carbocycles. The van der Waals surface area contributed by atoms with E-state index in [0.717, 1.165) is 38.7 Å². The molecular formula is C15H18N4OS. The van der Waals surface area contributed by atoms with Crippen LogP contribution in [0, 0.1) is 0 Å². The van der Waals surface area contributed by atoms with E-state index >= 15 is 0 Å². The number of rotatable bonds is 3. The minimum Gasteiger partial charge on any atom is -0.373 e. The summed E-state index contributed by atoms with van der Waals surface area (Å²) < 4.78 is 5.97. The van der Waals surface area contributed by atoms with Gasteiger partial charge in [-0.05, 0) is 17.5 Å². The van der Waals surface area contributed by atoms with Crippen molar-refractivity contribution in [2.45, 2.75) is 18.7 Å². The van der Waals surface area contributed by atoms with Gasteiger partial charge in [-0.3, -0.25) is 4.90 Å². The van der Waals surface area contributed by atoms with Crippen LogP contribution < -0.4 is 4.90 Å². The molecule has 2 saturated heterocycles. The van der Waals surface area contributed by atoms with E-state index < -0.39 is 0 Å². The van der Waals surface area contributed by atoms with Crippen LogP contribution in [0.15, 0.2) is 36.0 Å². The number of likely N-dealkylation sites (tertiary alicyclic amines) is 1. The van der Waals surface area contributed by atoms with E-state index in [0.29, 0.717) is 6.04 Å². The Bertz CT molecular complexity index is 577. The number of fused-ring (bicyclic) bond motifs is 1. The fourth-order valence-corrected chi connectivity index (χ4v) is 3.95. The average molecular weight is 302 g/mol. The van der Waals surface area contributed by atoms with E-state index in [1.165, 1.54) is 4.88 Å². The maximum absolute atomic E-state index is 5.97. The summed E-state index contributed by atoms with van der Waals surface area (Å²) in [7, 11) is 0. The molecule has 0 bridgehead atoms. The van der Waals surface area contributed by atoms with Crippen molar-refractivity contribution < 1.29 is 4.74 Å². The Morgan fingerprint density at radius 3 is 2.95 bits per heavy atom. The topological polar surface area (TPSA) is 41.5 Å². The molecule has 2 aromatic heterocycles. The highest BCUT2D eigenvalue weighted by Crippen LogP contribution is 2.27. The third kappa shape index (κ3) is 2.66. The summed E-state index contributed by atoms with van der Waals surface area (Å²) in [5.41, 5.74) is 0. The van der Waals surface area contributed by atoms with Crippen molar-refractivity contribution in [1.29, 1.82) is 0 Å². The van der Waals surface area contributed by atoms with Crippen LogP contribution in [0.4, 0.5) is 5.95 Å². The van der Waals surface area contributed by atoms with Gasteiger partial charge in [-0.1, -0.05) is 6.07 Å². The normalized spacial score (nSPS) is 26.0. The van der Waals surface area contributed by atoms with Crippen LogP contribution in [0.3, 0.4) is 0 Å². The Hall–Kier alpha value is -1.50. The second-order valence-electron chi connectivity index (χ2n) is 5.49. The Morgan fingerprint density at radius 2 is 2.14 bits per heavy atom. The van der Waals surface area contributed by atoms with Gasteiger partial charge in [0.05, 0.1) is 18.8 Å². The predicted molar refractivity (Wildman–Crippen MR) is 82.5 cm³/mol. The minimum absolute atomic E-state index is 0.266. The van der Waals surface area contributed by atoms with E-state index in [1.807, 2.05) is 29.8 Å². The first-order valence-electron chi connectivity index (χ1n) is 7.30. The van der Waals surface area contributed by atoms with E-state index in [2.05, 4.69) is 37.3 Å². The van der Waals surface area contributed by atoms with Gasteiger partial charge in [-0.25, -0.2) is 9.97 Å². The van der Waals surface area contributed by atoms with Crippen LogP contribution in [-0.2, 0) is 11.3 Å². The fraction of sp³-hybridized carbons (Fsp3) is 0.467. The molecule has 0 amide bonds. The third-order valence-corrected chi connectivity index (χ3v) is 5.01. The molecule has 5 nitrogen and oxygen atoms in total. The number of hydrogen-bond acceptors (Lipinski definition) is 6. The minimum atomic E-state index is 0.266. The second kappa shape index (κ2) is 5.71. The van der Waals surface area contributed by atoms with Crippen molar-refractivity contribution >= 4 is 17.3 Å². The first kappa shape index (κ1) is 13.2. The first-order valence-corrected chi connectivity index (χ1v) is 8.18. The van der Waals surface area contributed by atoms with E-state index in [4.69, 9.17) is 4.74 Å². The van der Waals surface area contributed by atoms with Crippen LogP contribution in [-0.4, -0.2) is 53.3 Å². The van der Waals surface area contributed by atoms with Gasteiger partial charge in [0.15, 0.2) is 0 Å². The van der Waals surface area contributed by atoms with E-state index in [1.54, 1.807) is 0 Å². The summed E-state index contributed by atoms with van der Waals surface area (Å²) in [5.74, 6) is 0.828. The highest BCUT2D eigenvalue weighted by Gasteiger charge is 2.41. The summed E-state index contributed by atoms with van der Waals surface area (Å²) in [6.45, 7) is 4.65. The van der Waals surface area contributed by atoms with Crippen molar-refractivity contribution in [3.8, 4) is 0 Å². The molecule has 0 saturated carbocycles. The molecule has 0 aliphatic carbocycles. The summed E-state index contributed by atoms with van der Waals surface area (Å²) in [6, 6.07) is 6.54. The van der Waals surface area contributed by atoms with Crippen molar-refractivity contribution in [3.05, 3.63) is 40.8 Å². The zero-order valence-electron chi connectivity index (χ0n) is 11.8. The average Bonchev–Trinajstić information content (AvgIpc) is 3.17. The molecule has 4 heterocycles. The van der Waals surface area contributed by atoms with Crippen LogP contribution in [0.25, 0.3) is 0 Å². The number of ether oxygens (including phenoxy) is 1. The number of aromatic nitrogens is 2. The standard InChI is InChI=1S/C15H18N4OS/c1-3-12(21-8-1)9-18-10-13-14(11-18)20-7-6-19(13)15-16-4-2-5-17-15/h1-5,8,13-14H,6-7,9-11H2/t13-,14-/m0/s1. The third-order valence-electron chi connectivity index (χ3n) is 4.15. The zero-order chi connectivity index (χ0) is 14.1. The lowest BCUT2D eigenvalue weighted by Crippen LogP contribution is -2.51. The lowest BCUT2D eigenvalue weighted by molar-refractivity contribution is 0.0301. The summed E-state index contributed by atoms with van der Waals surface area (Å²) in [4.78, 5) is 15.0. The molecule has 0 N–H and O–H groups in total. The van der Waals surface area contributed by atoms with Gasteiger partial charge < -0.3 is 9.64 Å². The lowest BCUT2D eigenvalue weighted by atomic mass is 10.1. The van der Waals surface area contributed by atoms with Gasteiger partial charge in [0, 0.05) is 43.4 Å². The van der Waals surface area contributed by atoms with Gasteiger partial charge in [0.2, 0.25) is 5.95 Å². The quantitative estimate of drug-likeness (QED) is 0.862. The molecule has 4 rings (SSSR count). The van der Waals surface area contributed by atoms with Crippen LogP contribution in [0.2, 0.25) is 0 Å². The lowest BCUT2D eigenvalue weighted by Gasteiger charge is -2.36. The van der Waals surface area contributed by atoms with Crippen molar-refractivity contribution in [2.75, 3.05) is 31.1 Å². The Morgan fingerprint density at radius 1 is 1.24 bits per heavy atom.